The third-order valence-electron chi connectivity index (χ3n) is 2.58. The summed E-state index contributed by atoms with van der Waals surface area (Å²) in [6.07, 6.45) is 3.56. The Labute approximate surface area is 96.9 Å². The Morgan fingerprint density at radius 2 is 2.06 bits per heavy atom. The normalized spacial score (nSPS) is 14.6. The van der Waals surface area contributed by atoms with Crippen molar-refractivity contribution < 1.29 is 8.42 Å². The number of nitrogens with zero attached hydrogens (tertiary/aromatic N) is 2. The zero-order valence-electron chi connectivity index (χ0n) is 10.1. The van der Waals surface area contributed by atoms with Crippen LogP contribution in [0.2, 0.25) is 0 Å². The molecule has 1 rings (SSSR count). The van der Waals surface area contributed by atoms with Crippen molar-refractivity contribution in [3.8, 4) is 0 Å². The first kappa shape index (κ1) is 13.2. The molecule has 0 fully saturated rings. The molecular formula is C10H19N3O2S. The summed E-state index contributed by atoms with van der Waals surface area (Å²) in [5, 5.41) is 6.17. The maximum Gasteiger partial charge on any atom is 0.246 e. The van der Waals surface area contributed by atoms with Crippen LogP contribution in [0.1, 0.15) is 27.2 Å². The first-order valence-electron chi connectivity index (χ1n) is 5.32. The van der Waals surface area contributed by atoms with Gasteiger partial charge in [0.05, 0.1) is 6.20 Å². The minimum Gasteiger partial charge on any atom is -0.284 e. The van der Waals surface area contributed by atoms with Gasteiger partial charge >= 0.3 is 0 Å². The molecule has 6 heteroatoms. The Morgan fingerprint density at radius 1 is 1.44 bits per heavy atom. The van der Waals surface area contributed by atoms with E-state index in [0.29, 0.717) is 5.92 Å². The zero-order valence-corrected chi connectivity index (χ0v) is 11.0. The fraction of sp³-hybridized carbons (Fsp3) is 0.700. The van der Waals surface area contributed by atoms with Crippen LogP contribution in [-0.4, -0.2) is 36.0 Å². The maximum atomic E-state index is 12.1. The Bertz CT molecular complexity index is 411. The van der Waals surface area contributed by atoms with Gasteiger partial charge in [0.1, 0.15) is 4.90 Å². The van der Waals surface area contributed by atoms with Crippen LogP contribution in [0.15, 0.2) is 17.3 Å². The van der Waals surface area contributed by atoms with E-state index in [1.54, 1.807) is 7.05 Å². The summed E-state index contributed by atoms with van der Waals surface area (Å²) in [6, 6.07) is -0.0140. The molecule has 0 aromatic carbocycles. The highest BCUT2D eigenvalue weighted by molar-refractivity contribution is 7.89. The van der Waals surface area contributed by atoms with Gasteiger partial charge in [-0.2, -0.15) is 9.40 Å². The molecule has 0 aliphatic carbocycles. The van der Waals surface area contributed by atoms with Crippen LogP contribution in [0.5, 0.6) is 0 Å². The molecule has 1 N–H and O–H groups in total. The molecule has 0 saturated heterocycles. The second-order valence-electron chi connectivity index (χ2n) is 4.43. The standard InChI is InChI=1S/C10H19N3O2S/c1-8(2)5-9(3)13(4)16(14,15)10-6-11-12-7-10/h6-9H,5H2,1-4H3,(H,11,12). The maximum absolute atomic E-state index is 12.1. The molecule has 0 saturated carbocycles. The minimum absolute atomic E-state index is 0.0140. The molecule has 0 aliphatic heterocycles. The molecule has 16 heavy (non-hydrogen) atoms. The molecule has 0 bridgehead atoms. The molecule has 1 unspecified atom stereocenters. The summed E-state index contributed by atoms with van der Waals surface area (Å²) in [5.74, 6) is 0.469. The van der Waals surface area contributed by atoms with Crippen LogP contribution in [0.3, 0.4) is 0 Å². The lowest BCUT2D eigenvalue weighted by Gasteiger charge is -2.24. The third kappa shape index (κ3) is 2.82. The van der Waals surface area contributed by atoms with Crippen LogP contribution in [-0.2, 0) is 10.0 Å². The van der Waals surface area contributed by atoms with Gasteiger partial charge in [-0.05, 0) is 19.3 Å². The third-order valence-corrected chi connectivity index (χ3v) is 4.52. The Hall–Kier alpha value is -0.880. The van der Waals surface area contributed by atoms with E-state index < -0.39 is 10.0 Å². The number of hydrogen-bond donors (Lipinski definition) is 1. The molecule has 0 spiro atoms. The highest BCUT2D eigenvalue weighted by Crippen LogP contribution is 2.18. The van der Waals surface area contributed by atoms with Gasteiger partial charge in [-0.3, -0.25) is 5.10 Å². The minimum atomic E-state index is -3.40. The van der Waals surface area contributed by atoms with Crippen molar-refractivity contribution in [1.29, 1.82) is 0 Å². The summed E-state index contributed by atoms with van der Waals surface area (Å²) in [7, 11) is -1.79. The first-order chi connectivity index (χ1) is 7.35. The topological polar surface area (TPSA) is 66.1 Å². The van der Waals surface area contributed by atoms with Gasteiger partial charge in [0.15, 0.2) is 0 Å². The van der Waals surface area contributed by atoms with Crippen molar-refractivity contribution >= 4 is 10.0 Å². The number of aromatic amines is 1. The van der Waals surface area contributed by atoms with Crippen LogP contribution in [0.4, 0.5) is 0 Å². The van der Waals surface area contributed by atoms with Crippen molar-refractivity contribution in [3.63, 3.8) is 0 Å². The molecule has 1 aromatic heterocycles. The molecule has 0 aliphatic rings. The average molecular weight is 245 g/mol. The lowest BCUT2D eigenvalue weighted by atomic mass is 10.1. The number of nitrogens with one attached hydrogen (secondary N) is 1. The summed E-state index contributed by atoms with van der Waals surface area (Å²) < 4.78 is 25.6. The fourth-order valence-electron chi connectivity index (χ4n) is 1.61. The lowest BCUT2D eigenvalue weighted by Crippen LogP contribution is -2.35. The molecule has 92 valence electrons. The predicted molar refractivity (Wildman–Crippen MR) is 62.5 cm³/mol. The van der Waals surface area contributed by atoms with Gasteiger partial charge in [0.2, 0.25) is 10.0 Å². The quantitative estimate of drug-likeness (QED) is 0.854. The van der Waals surface area contributed by atoms with E-state index in [-0.39, 0.29) is 10.9 Å². The van der Waals surface area contributed by atoms with Gasteiger partial charge in [0.25, 0.3) is 0 Å². The summed E-state index contributed by atoms with van der Waals surface area (Å²) in [5.41, 5.74) is 0. The number of hydrogen-bond acceptors (Lipinski definition) is 3. The highest BCUT2D eigenvalue weighted by Gasteiger charge is 2.26. The van der Waals surface area contributed by atoms with Crippen molar-refractivity contribution in [2.45, 2.75) is 38.1 Å². The number of sulfonamides is 1. The van der Waals surface area contributed by atoms with Gasteiger partial charge in [-0.1, -0.05) is 13.8 Å². The van der Waals surface area contributed by atoms with E-state index in [0.717, 1.165) is 6.42 Å². The number of aromatic nitrogens is 2. The average Bonchev–Trinajstić information content (AvgIpc) is 2.68. The van der Waals surface area contributed by atoms with Crippen LogP contribution >= 0.6 is 0 Å². The van der Waals surface area contributed by atoms with Crippen molar-refractivity contribution in [3.05, 3.63) is 12.4 Å². The molecular weight excluding hydrogens is 226 g/mol. The zero-order chi connectivity index (χ0) is 12.3. The summed E-state index contributed by atoms with van der Waals surface area (Å²) in [6.45, 7) is 6.07. The Kier molecular flexibility index (Phi) is 4.09. The smallest absolute Gasteiger partial charge is 0.246 e. The molecule has 1 heterocycles. The van der Waals surface area contributed by atoms with E-state index >= 15 is 0 Å². The lowest BCUT2D eigenvalue weighted by molar-refractivity contribution is 0.338. The predicted octanol–water partition coefficient (Wildman–Crippen LogP) is 1.46. The van der Waals surface area contributed by atoms with E-state index in [4.69, 9.17) is 0 Å². The van der Waals surface area contributed by atoms with Gasteiger partial charge in [0, 0.05) is 19.3 Å². The van der Waals surface area contributed by atoms with Crippen molar-refractivity contribution in [2.75, 3.05) is 7.05 Å². The molecule has 1 atom stereocenters. The van der Waals surface area contributed by atoms with Gasteiger partial charge in [-0.25, -0.2) is 8.42 Å². The SMILES string of the molecule is CC(C)CC(C)N(C)S(=O)(=O)c1cn[nH]c1. The Balaban J connectivity index is 2.85. The van der Waals surface area contributed by atoms with E-state index in [1.807, 2.05) is 6.92 Å². The molecule has 5 nitrogen and oxygen atoms in total. The van der Waals surface area contributed by atoms with Crippen LogP contribution in [0.25, 0.3) is 0 Å². The molecule has 1 aromatic rings. The van der Waals surface area contributed by atoms with E-state index in [9.17, 15) is 8.42 Å². The summed E-state index contributed by atoms with van der Waals surface area (Å²) >= 11 is 0. The fourth-order valence-corrected chi connectivity index (χ4v) is 2.89. The largest absolute Gasteiger partial charge is 0.284 e. The first-order valence-corrected chi connectivity index (χ1v) is 6.76. The second kappa shape index (κ2) is 4.97. The molecule has 0 radical (unpaired) electrons. The van der Waals surface area contributed by atoms with Crippen molar-refractivity contribution in [2.24, 2.45) is 5.92 Å². The van der Waals surface area contributed by atoms with E-state index in [1.165, 1.54) is 16.7 Å². The Morgan fingerprint density at radius 3 is 2.50 bits per heavy atom. The van der Waals surface area contributed by atoms with Crippen molar-refractivity contribution in [1.82, 2.24) is 14.5 Å². The number of H-pyrrole nitrogens is 1. The monoisotopic (exact) mass is 245 g/mol. The van der Waals surface area contributed by atoms with Crippen LogP contribution < -0.4 is 0 Å². The van der Waals surface area contributed by atoms with Crippen LogP contribution in [0, 0.1) is 5.92 Å². The number of rotatable bonds is 5. The van der Waals surface area contributed by atoms with E-state index in [2.05, 4.69) is 24.0 Å². The highest BCUT2D eigenvalue weighted by atomic mass is 32.2. The second-order valence-corrected chi connectivity index (χ2v) is 6.43. The summed E-state index contributed by atoms with van der Waals surface area (Å²) in [4.78, 5) is 0.214. The van der Waals surface area contributed by atoms with Gasteiger partial charge in [-0.15, -0.1) is 0 Å². The molecule has 0 amide bonds. The van der Waals surface area contributed by atoms with Gasteiger partial charge < -0.3 is 0 Å².